The quantitative estimate of drug-likeness (QED) is 0.753. The number of aliphatic imine (C=N–C) groups is 1. The highest BCUT2D eigenvalue weighted by atomic mass is 35.5. The van der Waals surface area contributed by atoms with Crippen molar-refractivity contribution in [3.05, 3.63) is 63.6 Å². The number of rotatable bonds is 4. The molecule has 0 bridgehead atoms. The zero-order chi connectivity index (χ0) is 19.8. The predicted molar refractivity (Wildman–Crippen MR) is 110 cm³/mol. The van der Waals surface area contributed by atoms with Gasteiger partial charge in [-0.3, -0.25) is 4.99 Å². The number of sulfonamides is 1. The molecule has 0 amide bonds. The molecule has 0 spiro atoms. The number of aliphatic hydroxyl groups is 1. The Morgan fingerprint density at radius 2 is 1.93 bits per heavy atom. The molecule has 6 nitrogen and oxygen atoms in total. The predicted octanol–water partition coefficient (Wildman–Crippen LogP) is 3.02. The Balaban J connectivity index is 1.95. The minimum Gasteiger partial charge on any atom is -0.366 e. The second kappa shape index (κ2) is 7.62. The molecule has 1 atom stereocenters. The molecule has 144 valence electrons. The van der Waals surface area contributed by atoms with E-state index < -0.39 is 15.7 Å². The fourth-order valence-electron chi connectivity index (χ4n) is 2.72. The van der Waals surface area contributed by atoms with Crippen molar-refractivity contribution in [2.45, 2.75) is 17.2 Å². The summed E-state index contributed by atoms with van der Waals surface area (Å²) in [5.41, 5.74) is -0.297. The molecule has 3 rings (SSSR count). The number of primary sulfonamides is 1. The fraction of sp³-hybridized carbons (Fsp3) is 0.235. The topological polar surface area (TPSA) is 96.0 Å². The maximum atomic E-state index is 11.8. The van der Waals surface area contributed by atoms with Crippen molar-refractivity contribution in [3.8, 4) is 0 Å². The van der Waals surface area contributed by atoms with Gasteiger partial charge in [0.2, 0.25) is 10.0 Å². The molecule has 3 N–H and O–H groups in total. The van der Waals surface area contributed by atoms with Crippen molar-refractivity contribution in [2.75, 3.05) is 12.8 Å². The first-order chi connectivity index (χ1) is 12.6. The van der Waals surface area contributed by atoms with Crippen LogP contribution in [0.1, 0.15) is 11.1 Å². The van der Waals surface area contributed by atoms with Crippen molar-refractivity contribution in [3.63, 3.8) is 0 Å². The summed E-state index contributed by atoms with van der Waals surface area (Å²) in [5, 5.41) is 17.1. The summed E-state index contributed by atoms with van der Waals surface area (Å²) in [6.07, 6.45) is 0. The summed E-state index contributed by atoms with van der Waals surface area (Å²) in [6, 6.07) is 12.2. The molecule has 0 saturated carbocycles. The molecule has 1 heterocycles. The van der Waals surface area contributed by atoms with E-state index in [2.05, 4.69) is 4.99 Å². The molecule has 0 aliphatic carbocycles. The van der Waals surface area contributed by atoms with Crippen molar-refractivity contribution in [1.82, 2.24) is 4.90 Å². The Kier molecular flexibility index (Phi) is 5.77. The van der Waals surface area contributed by atoms with Crippen molar-refractivity contribution in [2.24, 2.45) is 10.1 Å². The van der Waals surface area contributed by atoms with Gasteiger partial charge in [-0.1, -0.05) is 65.3 Å². The van der Waals surface area contributed by atoms with E-state index in [1.54, 1.807) is 11.9 Å². The summed E-state index contributed by atoms with van der Waals surface area (Å²) in [6.45, 7) is 0.459. The lowest BCUT2D eigenvalue weighted by Gasteiger charge is -2.32. The van der Waals surface area contributed by atoms with Crippen LogP contribution >= 0.6 is 35.0 Å². The maximum absolute atomic E-state index is 11.8. The van der Waals surface area contributed by atoms with E-state index in [1.165, 1.54) is 23.9 Å². The number of nitrogens with two attached hydrogens (primary N) is 1. The Morgan fingerprint density at radius 3 is 2.56 bits per heavy atom. The van der Waals surface area contributed by atoms with Crippen LogP contribution in [0.25, 0.3) is 0 Å². The Labute approximate surface area is 172 Å². The number of hydrogen-bond donors (Lipinski definition) is 2. The van der Waals surface area contributed by atoms with Gasteiger partial charge in [0.15, 0.2) is 10.9 Å². The van der Waals surface area contributed by atoms with Gasteiger partial charge < -0.3 is 10.0 Å². The number of amidine groups is 1. The molecule has 1 aliphatic rings. The summed E-state index contributed by atoms with van der Waals surface area (Å²) in [7, 11) is -2.39. The highest BCUT2D eigenvalue weighted by molar-refractivity contribution is 8.14. The first-order valence-electron chi connectivity index (χ1n) is 7.82. The van der Waals surface area contributed by atoms with Crippen LogP contribution in [-0.4, -0.2) is 36.4 Å². The monoisotopic (exact) mass is 445 g/mol. The highest BCUT2D eigenvalue weighted by Gasteiger charge is 2.44. The molecule has 2 aromatic rings. The maximum Gasteiger partial charge on any atom is 0.239 e. The second-order valence-electron chi connectivity index (χ2n) is 6.06. The van der Waals surface area contributed by atoms with Crippen molar-refractivity contribution >= 4 is 50.2 Å². The Hall–Kier alpha value is -1.29. The first-order valence-corrected chi connectivity index (χ1v) is 11.1. The lowest BCUT2D eigenvalue weighted by Crippen LogP contribution is -2.42. The molecule has 1 fully saturated rings. The van der Waals surface area contributed by atoms with E-state index in [4.69, 9.17) is 28.3 Å². The van der Waals surface area contributed by atoms with Crippen LogP contribution in [0.2, 0.25) is 10.0 Å². The van der Waals surface area contributed by atoms with Crippen LogP contribution in [0.15, 0.2) is 52.4 Å². The van der Waals surface area contributed by atoms with Gasteiger partial charge in [0.05, 0.1) is 22.3 Å². The van der Waals surface area contributed by atoms with Crippen LogP contribution in [-0.2, 0) is 22.3 Å². The number of nitrogens with zero attached hydrogens (tertiary/aromatic N) is 2. The third-order valence-electron chi connectivity index (χ3n) is 4.24. The average Bonchev–Trinajstić information content (AvgIpc) is 2.88. The molecule has 1 aliphatic heterocycles. The standard InChI is InChI=1S/C17H17Cl2N3O3S2/c1-22-16(21-9-11-5-3-2-4-6-11)26-10-17(22,23)12-7-15(27(20,24)25)14(19)8-13(12)18/h2-8,23H,9-10H2,1H3,(H2,20,24,25). The van der Waals surface area contributed by atoms with E-state index >= 15 is 0 Å². The highest BCUT2D eigenvalue weighted by Crippen LogP contribution is 2.42. The molecule has 1 unspecified atom stereocenters. The minimum absolute atomic E-state index is 0.0962. The SMILES string of the molecule is CN1C(=NCc2ccccc2)SCC1(O)c1cc(S(N)(=O)=O)c(Cl)cc1Cl. The van der Waals surface area contributed by atoms with E-state index in [0.717, 1.165) is 5.56 Å². The van der Waals surface area contributed by atoms with Gasteiger partial charge in [0.25, 0.3) is 0 Å². The zero-order valence-electron chi connectivity index (χ0n) is 14.3. The van der Waals surface area contributed by atoms with Gasteiger partial charge in [0.1, 0.15) is 4.90 Å². The number of benzene rings is 2. The van der Waals surface area contributed by atoms with Crippen LogP contribution < -0.4 is 5.14 Å². The average molecular weight is 446 g/mol. The second-order valence-corrected chi connectivity index (χ2v) is 9.34. The third kappa shape index (κ3) is 4.11. The molecular formula is C17H17Cl2N3O3S2. The van der Waals surface area contributed by atoms with E-state index in [1.807, 2.05) is 30.3 Å². The molecule has 27 heavy (non-hydrogen) atoms. The van der Waals surface area contributed by atoms with Gasteiger partial charge in [0, 0.05) is 12.6 Å². The van der Waals surface area contributed by atoms with Crippen molar-refractivity contribution < 1.29 is 13.5 Å². The van der Waals surface area contributed by atoms with Crippen LogP contribution in [0.4, 0.5) is 0 Å². The van der Waals surface area contributed by atoms with Crippen LogP contribution in [0, 0.1) is 0 Å². The Morgan fingerprint density at radius 1 is 1.26 bits per heavy atom. The minimum atomic E-state index is -4.06. The van der Waals surface area contributed by atoms with Gasteiger partial charge in [-0.05, 0) is 17.7 Å². The zero-order valence-corrected chi connectivity index (χ0v) is 17.4. The molecule has 1 saturated heterocycles. The van der Waals surface area contributed by atoms with E-state index in [-0.39, 0.29) is 26.3 Å². The number of halogens is 2. The van der Waals surface area contributed by atoms with E-state index in [9.17, 15) is 13.5 Å². The smallest absolute Gasteiger partial charge is 0.239 e. The van der Waals surface area contributed by atoms with Crippen molar-refractivity contribution in [1.29, 1.82) is 0 Å². The summed E-state index contributed by atoms with van der Waals surface area (Å²) >= 11 is 13.6. The van der Waals surface area contributed by atoms with Crippen LogP contribution in [0.3, 0.4) is 0 Å². The van der Waals surface area contributed by atoms with Gasteiger partial charge in [-0.2, -0.15) is 0 Å². The fourth-order valence-corrected chi connectivity index (χ4v) is 5.37. The number of hydrogen-bond acceptors (Lipinski definition) is 5. The van der Waals surface area contributed by atoms with Crippen LogP contribution in [0.5, 0.6) is 0 Å². The first kappa shape index (κ1) is 20.4. The Bertz CT molecular complexity index is 1000. The molecular weight excluding hydrogens is 429 g/mol. The molecule has 2 aromatic carbocycles. The largest absolute Gasteiger partial charge is 0.366 e. The lowest BCUT2D eigenvalue weighted by atomic mass is 10.0. The molecule has 10 heteroatoms. The van der Waals surface area contributed by atoms with Gasteiger partial charge in [-0.25, -0.2) is 13.6 Å². The summed E-state index contributed by atoms with van der Waals surface area (Å²) < 4.78 is 23.5. The molecule has 0 aromatic heterocycles. The summed E-state index contributed by atoms with van der Waals surface area (Å²) in [4.78, 5) is 5.83. The summed E-state index contributed by atoms with van der Waals surface area (Å²) in [5.74, 6) is 0.225. The van der Waals surface area contributed by atoms with E-state index in [0.29, 0.717) is 11.7 Å². The van der Waals surface area contributed by atoms with Gasteiger partial charge in [-0.15, -0.1) is 0 Å². The lowest BCUT2D eigenvalue weighted by molar-refractivity contribution is -0.0349. The number of thioether (sulfide) groups is 1. The van der Waals surface area contributed by atoms with Gasteiger partial charge >= 0.3 is 0 Å². The third-order valence-corrected chi connectivity index (χ3v) is 7.14. The molecule has 0 radical (unpaired) electrons. The normalized spacial score (nSPS) is 21.8.